The molecule has 0 atom stereocenters. The number of halogens is 1. The van der Waals surface area contributed by atoms with Crippen LogP contribution in [0, 0.1) is 0 Å². The van der Waals surface area contributed by atoms with E-state index >= 15 is 0 Å². The molecule has 0 unspecified atom stereocenters. The summed E-state index contributed by atoms with van der Waals surface area (Å²) >= 11 is 6.53. The average molecular weight is 601 g/mol. The van der Waals surface area contributed by atoms with Crippen LogP contribution in [0.1, 0.15) is 0 Å². The van der Waals surface area contributed by atoms with Crippen LogP contribution in [0.25, 0.3) is 33.6 Å². The molecule has 0 aliphatic rings. The Bertz CT molecular complexity index is 1970. The zero-order valence-electron chi connectivity index (χ0n) is 24.0. The van der Waals surface area contributed by atoms with Crippen LogP contribution in [0.4, 0.5) is 0 Å². The Kier molecular flexibility index (Phi) is 7.72. The highest BCUT2D eigenvalue weighted by Gasteiger charge is 2.41. The van der Waals surface area contributed by atoms with E-state index in [4.69, 9.17) is 16.6 Å². The van der Waals surface area contributed by atoms with Crippen molar-refractivity contribution in [1.29, 1.82) is 0 Å². The minimum atomic E-state index is -2.80. The second kappa shape index (κ2) is 12.3. The zero-order valence-corrected chi connectivity index (χ0v) is 25.8. The van der Waals surface area contributed by atoms with Gasteiger partial charge in [0.05, 0.1) is 11.4 Å². The van der Waals surface area contributed by atoms with Gasteiger partial charge in [-0.05, 0) is 49.5 Å². The van der Waals surface area contributed by atoms with Crippen LogP contribution in [0.5, 0.6) is 0 Å². The predicted octanol–water partition coefficient (Wildman–Crippen LogP) is 7.51. The Morgan fingerprint density at radius 1 is 0.341 bits per heavy atom. The summed E-state index contributed by atoms with van der Waals surface area (Å²) in [5.74, 6) is 0. The summed E-state index contributed by atoms with van der Waals surface area (Å²) in [6, 6.07) is 62.7. The average Bonchev–Trinajstić information content (AvgIpc) is 3.10. The number of benzene rings is 6. The van der Waals surface area contributed by atoms with Crippen LogP contribution in [-0.4, -0.2) is 18.0 Å². The molecule has 0 spiro atoms. The molecule has 2 nitrogen and oxygen atoms in total. The largest absolute Gasteiger partial charge is 0.223 e. The van der Waals surface area contributed by atoms with Gasteiger partial charge in [0, 0.05) is 11.1 Å². The molecule has 1 aromatic heterocycles. The first-order chi connectivity index (χ1) is 21.7. The first-order valence-corrected chi connectivity index (χ1v) is 17.1. The van der Waals surface area contributed by atoms with Crippen molar-refractivity contribution in [1.82, 2.24) is 9.97 Å². The number of aromatic nitrogens is 2. The Balaban J connectivity index is 1.49. The lowest BCUT2D eigenvalue weighted by Crippen LogP contribution is -2.74. The molecule has 4 heteroatoms. The third kappa shape index (κ3) is 5.28. The van der Waals surface area contributed by atoms with Crippen LogP contribution in [0.2, 0.25) is 5.28 Å². The lowest BCUT2D eigenvalue weighted by molar-refractivity contribution is 1.18. The van der Waals surface area contributed by atoms with Crippen molar-refractivity contribution < 1.29 is 0 Å². The fourth-order valence-corrected chi connectivity index (χ4v) is 11.2. The summed E-state index contributed by atoms with van der Waals surface area (Å²) in [7, 11) is -2.80. The molecule has 7 rings (SSSR count). The van der Waals surface area contributed by atoms with Crippen LogP contribution >= 0.6 is 11.6 Å². The van der Waals surface area contributed by atoms with E-state index in [2.05, 4.69) is 145 Å². The van der Waals surface area contributed by atoms with Gasteiger partial charge in [0.25, 0.3) is 0 Å². The monoisotopic (exact) mass is 600 g/mol. The molecule has 0 saturated heterocycles. The van der Waals surface area contributed by atoms with E-state index in [9.17, 15) is 0 Å². The molecule has 0 fully saturated rings. The number of hydrogen-bond donors (Lipinski definition) is 0. The van der Waals surface area contributed by atoms with E-state index in [1.807, 2.05) is 36.4 Å². The zero-order chi connectivity index (χ0) is 29.8. The van der Waals surface area contributed by atoms with E-state index in [0.29, 0.717) is 0 Å². The molecule has 7 aromatic rings. The highest BCUT2D eigenvalue weighted by atomic mass is 35.5. The van der Waals surface area contributed by atoms with Crippen molar-refractivity contribution in [2.24, 2.45) is 0 Å². The van der Waals surface area contributed by atoms with Crippen LogP contribution in [0.15, 0.2) is 176 Å². The maximum absolute atomic E-state index is 6.53. The summed E-state index contributed by atoms with van der Waals surface area (Å²) < 4.78 is 0. The van der Waals surface area contributed by atoms with E-state index < -0.39 is 8.07 Å². The molecule has 0 bridgehead atoms. The summed E-state index contributed by atoms with van der Waals surface area (Å²) in [5, 5.41) is 5.46. The molecular formula is C40H29ClN2Si. The molecule has 0 amide bonds. The second-order valence-electron chi connectivity index (χ2n) is 10.8. The number of rotatable bonds is 7. The molecule has 210 valence electrons. The molecule has 44 heavy (non-hydrogen) atoms. The highest BCUT2D eigenvalue weighted by molar-refractivity contribution is 7.20. The minimum absolute atomic E-state index is 0.233. The van der Waals surface area contributed by atoms with E-state index in [1.165, 1.54) is 31.9 Å². The van der Waals surface area contributed by atoms with Crippen molar-refractivity contribution in [2.75, 3.05) is 0 Å². The summed E-state index contributed by atoms with van der Waals surface area (Å²) in [4.78, 5) is 9.24. The fraction of sp³-hybridized carbons (Fsp3) is 0. The molecule has 1 heterocycles. The third-order valence-corrected chi connectivity index (χ3v) is 13.1. The molecule has 0 N–H and O–H groups in total. The van der Waals surface area contributed by atoms with E-state index in [0.717, 1.165) is 22.5 Å². The molecule has 0 aliphatic carbocycles. The van der Waals surface area contributed by atoms with Crippen molar-refractivity contribution in [3.63, 3.8) is 0 Å². The Morgan fingerprint density at radius 2 is 0.727 bits per heavy atom. The lowest BCUT2D eigenvalue weighted by atomic mass is 10.1. The fourth-order valence-electron chi connectivity index (χ4n) is 6.17. The molecular weight excluding hydrogens is 572 g/mol. The SMILES string of the molecule is Clc1nc(-c2ccccc2)cc(-c2cccc([Si](c3ccccc3)(c3ccccc3)c3cccc(-c4ccccc4)c3)c2)n1. The normalized spacial score (nSPS) is 11.3. The van der Waals surface area contributed by atoms with Crippen molar-refractivity contribution >= 4 is 40.4 Å². The van der Waals surface area contributed by atoms with Crippen molar-refractivity contribution in [3.8, 4) is 33.6 Å². The van der Waals surface area contributed by atoms with Crippen LogP contribution in [0.3, 0.4) is 0 Å². The van der Waals surface area contributed by atoms with E-state index in [1.54, 1.807) is 0 Å². The van der Waals surface area contributed by atoms with Gasteiger partial charge in [-0.3, -0.25) is 0 Å². The van der Waals surface area contributed by atoms with Gasteiger partial charge in [-0.1, -0.05) is 170 Å². The first kappa shape index (κ1) is 27.7. The van der Waals surface area contributed by atoms with E-state index in [-0.39, 0.29) is 5.28 Å². The third-order valence-electron chi connectivity index (χ3n) is 8.18. The maximum Gasteiger partial charge on any atom is 0.223 e. The van der Waals surface area contributed by atoms with Crippen molar-refractivity contribution in [3.05, 3.63) is 181 Å². The second-order valence-corrected chi connectivity index (χ2v) is 14.9. The standard InChI is InChI=1S/C40H29ClN2Si/c41-40-42-38(31-17-7-2-8-18-31)29-39(43-40)33-20-14-26-37(28-33)44(34-21-9-3-10-22-34,35-23-11-4-12-24-35)36-25-13-19-32(27-36)30-15-5-1-6-16-30/h1-29H. The van der Waals surface area contributed by atoms with Gasteiger partial charge in [-0.2, -0.15) is 0 Å². The summed E-state index contributed by atoms with van der Waals surface area (Å²) in [6.07, 6.45) is 0. The quantitative estimate of drug-likeness (QED) is 0.107. The Hall–Kier alpha value is -5.09. The smallest absolute Gasteiger partial charge is 0.218 e. The molecule has 0 aliphatic heterocycles. The topological polar surface area (TPSA) is 25.8 Å². The Morgan fingerprint density at radius 3 is 1.27 bits per heavy atom. The summed E-state index contributed by atoms with van der Waals surface area (Å²) in [5.41, 5.74) is 6.02. The van der Waals surface area contributed by atoms with Gasteiger partial charge < -0.3 is 0 Å². The van der Waals surface area contributed by atoms with Gasteiger partial charge in [0.1, 0.15) is 0 Å². The van der Waals surface area contributed by atoms with Gasteiger partial charge in [-0.25, -0.2) is 9.97 Å². The minimum Gasteiger partial charge on any atom is -0.218 e. The molecule has 0 saturated carbocycles. The van der Waals surface area contributed by atoms with Crippen LogP contribution in [-0.2, 0) is 0 Å². The van der Waals surface area contributed by atoms with Gasteiger partial charge in [0.2, 0.25) is 5.28 Å². The molecule has 6 aromatic carbocycles. The number of nitrogens with zero attached hydrogens (tertiary/aromatic N) is 2. The predicted molar refractivity (Wildman–Crippen MR) is 187 cm³/mol. The number of hydrogen-bond acceptors (Lipinski definition) is 2. The first-order valence-electron chi connectivity index (χ1n) is 14.7. The summed E-state index contributed by atoms with van der Waals surface area (Å²) in [6.45, 7) is 0. The van der Waals surface area contributed by atoms with Gasteiger partial charge >= 0.3 is 0 Å². The maximum atomic E-state index is 6.53. The van der Waals surface area contributed by atoms with Crippen molar-refractivity contribution in [2.45, 2.75) is 0 Å². The van der Waals surface area contributed by atoms with Crippen LogP contribution < -0.4 is 20.7 Å². The van der Waals surface area contributed by atoms with Gasteiger partial charge in [0.15, 0.2) is 8.07 Å². The molecule has 0 radical (unpaired) electrons. The lowest BCUT2D eigenvalue weighted by Gasteiger charge is -2.35. The van der Waals surface area contributed by atoms with Gasteiger partial charge in [-0.15, -0.1) is 0 Å². The highest BCUT2D eigenvalue weighted by Crippen LogP contribution is 2.26. The Labute approximate surface area is 264 Å².